The summed E-state index contributed by atoms with van der Waals surface area (Å²) in [7, 11) is 0. The number of carbonyl (C=O) groups is 2. The van der Waals surface area contributed by atoms with E-state index in [4.69, 9.17) is 0 Å². The van der Waals surface area contributed by atoms with Crippen LogP contribution in [0.1, 0.15) is 10.4 Å². The molecule has 0 aromatic heterocycles. The second-order valence-electron chi connectivity index (χ2n) is 6.47. The van der Waals surface area contributed by atoms with Crippen LogP contribution in [0.4, 0.5) is 21.9 Å². The minimum Gasteiger partial charge on any atom is -0.382 e. The predicted octanol–water partition coefficient (Wildman–Crippen LogP) is 4.15. The lowest BCUT2D eigenvalue weighted by molar-refractivity contribution is 0.0967. The van der Waals surface area contributed by atoms with Gasteiger partial charge in [-0.05, 0) is 41.5 Å². The first-order chi connectivity index (χ1) is 13.7. The maximum absolute atomic E-state index is 12.4. The summed E-state index contributed by atoms with van der Waals surface area (Å²) in [6.07, 6.45) is 0. The van der Waals surface area contributed by atoms with Gasteiger partial charge >= 0.3 is 6.03 Å². The summed E-state index contributed by atoms with van der Waals surface area (Å²) in [6.45, 7) is 1.62. The maximum atomic E-state index is 12.4. The van der Waals surface area contributed by atoms with Gasteiger partial charge in [-0.25, -0.2) is 4.79 Å². The second-order valence-corrected chi connectivity index (χ2v) is 6.47. The van der Waals surface area contributed by atoms with Crippen molar-refractivity contribution in [2.24, 2.45) is 0 Å². The van der Waals surface area contributed by atoms with Crippen molar-refractivity contribution in [3.63, 3.8) is 0 Å². The third-order valence-corrected chi connectivity index (χ3v) is 4.49. The Kier molecular flexibility index (Phi) is 4.93. The van der Waals surface area contributed by atoms with Crippen LogP contribution in [-0.4, -0.2) is 25.0 Å². The molecule has 3 aromatic rings. The zero-order valence-corrected chi connectivity index (χ0v) is 15.2. The molecule has 3 aromatic carbocycles. The summed E-state index contributed by atoms with van der Waals surface area (Å²) in [5.74, 6) is -0.452. The number of urea groups is 1. The van der Waals surface area contributed by atoms with Crippen molar-refractivity contribution in [1.82, 2.24) is 5.32 Å². The Hall–Kier alpha value is -3.80. The Balaban J connectivity index is 1.42. The number of fused-ring (bicyclic) bond motifs is 1. The second kappa shape index (κ2) is 7.84. The van der Waals surface area contributed by atoms with E-state index in [0.29, 0.717) is 11.3 Å². The summed E-state index contributed by atoms with van der Waals surface area (Å²) < 4.78 is 0. The van der Waals surface area contributed by atoms with Crippen molar-refractivity contribution in [2.75, 3.05) is 29.0 Å². The highest BCUT2D eigenvalue weighted by Crippen LogP contribution is 2.25. The summed E-state index contributed by atoms with van der Waals surface area (Å²) in [5, 5.41) is 11.6. The molecular weight excluding hydrogens is 352 g/mol. The lowest BCUT2D eigenvalue weighted by Gasteiger charge is -2.20. The topological polar surface area (TPSA) is 82.3 Å². The molecular formula is C22H20N4O2. The zero-order chi connectivity index (χ0) is 19.3. The SMILES string of the molecule is O=C(NC(=O)c1ccc2c(c1)NCCN2)Nc1cccc(-c2ccccc2)c1. The van der Waals surface area contributed by atoms with E-state index in [1.165, 1.54) is 0 Å². The fourth-order valence-corrected chi connectivity index (χ4v) is 3.12. The molecule has 0 aliphatic carbocycles. The highest BCUT2D eigenvalue weighted by Gasteiger charge is 2.14. The quantitative estimate of drug-likeness (QED) is 0.557. The van der Waals surface area contributed by atoms with Crippen molar-refractivity contribution in [3.05, 3.63) is 78.4 Å². The molecule has 3 amide bonds. The summed E-state index contributed by atoms with van der Waals surface area (Å²) in [6, 6.07) is 22.1. The van der Waals surface area contributed by atoms with Crippen LogP contribution in [0.25, 0.3) is 11.1 Å². The number of benzene rings is 3. The molecule has 28 heavy (non-hydrogen) atoms. The number of amides is 3. The van der Waals surface area contributed by atoms with Gasteiger partial charge in [-0.2, -0.15) is 0 Å². The van der Waals surface area contributed by atoms with Crippen molar-refractivity contribution >= 4 is 29.0 Å². The molecule has 1 aliphatic heterocycles. The number of rotatable bonds is 3. The van der Waals surface area contributed by atoms with Gasteiger partial charge in [0.15, 0.2) is 0 Å². The van der Waals surface area contributed by atoms with Crippen LogP contribution in [0.15, 0.2) is 72.8 Å². The van der Waals surface area contributed by atoms with Gasteiger partial charge in [0, 0.05) is 24.3 Å². The van der Waals surface area contributed by atoms with Crippen molar-refractivity contribution < 1.29 is 9.59 Å². The van der Waals surface area contributed by atoms with Gasteiger partial charge in [-0.1, -0.05) is 42.5 Å². The first-order valence-corrected chi connectivity index (χ1v) is 9.09. The van der Waals surface area contributed by atoms with Crippen LogP contribution in [0.2, 0.25) is 0 Å². The van der Waals surface area contributed by atoms with E-state index in [1.807, 2.05) is 54.6 Å². The lowest BCUT2D eigenvalue weighted by Crippen LogP contribution is -2.34. The highest BCUT2D eigenvalue weighted by molar-refractivity contribution is 6.08. The average Bonchev–Trinajstić information content (AvgIpc) is 2.74. The normalized spacial score (nSPS) is 12.1. The van der Waals surface area contributed by atoms with E-state index < -0.39 is 11.9 Å². The number of imide groups is 1. The van der Waals surface area contributed by atoms with Crippen LogP contribution >= 0.6 is 0 Å². The van der Waals surface area contributed by atoms with Gasteiger partial charge in [0.2, 0.25) is 0 Å². The zero-order valence-electron chi connectivity index (χ0n) is 15.2. The first-order valence-electron chi connectivity index (χ1n) is 9.09. The average molecular weight is 372 g/mol. The number of carbonyl (C=O) groups excluding carboxylic acids is 2. The number of nitrogens with one attached hydrogen (secondary N) is 4. The van der Waals surface area contributed by atoms with Crippen LogP contribution in [-0.2, 0) is 0 Å². The highest BCUT2D eigenvalue weighted by atomic mass is 16.2. The van der Waals surface area contributed by atoms with E-state index in [0.717, 1.165) is 35.6 Å². The van der Waals surface area contributed by atoms with Crippen LogP contribution < -0.4 is 21.3 Å². The third kappa shape index (κ3) is 3.96. The van der Waals surface area contributed by atoms with E-state index in [1.54, 1.807) is 18.2 Å². The molecule has 4 N–H and O–H groups in total. The van der Waals surface area contributed by atoms with Crippen LogP contribution in [0.5, 0.6) is 0 Å². The summed E-state index contributed by atoms with van der Waals surface area (Å²) in [5.41, 5.74) is 4.88. The summed E-state index contributed by atoms with van der Waals surface area (Å²) in [4.78, 5) is 24.7. The molecule has 6 nitrogen and oxygen atoms in total. The Morgan fingerprint density at radius 2 is 1.50 bits per heavy atom. The lowest BCUT2D eigenvalue weighted by atomic mass is 10.1. The molecule has 0 spiro atoms. The third-order valence-electron chi connectivity index (χ3n) is 4.49. The van der Waals surface area contributed by atoms with Gasteiger partial charge in [0.05, 0.1) is 11.4 Å². The Bertz CT molecular complexity index is 1020. The molecule has 0 bridgehead atoms. The molecule has 0 unspecified atom stereocenters. The minimum absolute atomic E-state index is 0.420. The van der Waals surface area contributed by atoms with Gasteiger partial charge in [-0.15, -0.1) is 0 Å². The molecule has 0 saturated heterocycles. The molecule has 0 saturated carbocycles. The Morgan fingerprint density at radius 3 is 2.32 bits per heavy atom. The standard InChI is InChI=1S/C22H20N4O2/c27-21(17-9-10-19-20(14-17)24-12-11-23-19)26-22(28)25-18-8-4-7-16(13-18)15-5-2-1-3-6-15/h1-10,13-14,23-24H,11-12H2,(H2,25,26,27,28). The van der Waals surface area contributed by atoms with Gasteiger partial charge in [0.1, 0.15) is 0 Å². The van der Waals surface area contributed by atoms with Crippen LogP contribution in [0, 0.1) is 0 Å². The van der Waals surface area contributed by atoms with Gasteiger partial charge in [-0.3, -0.25) is 10.1 Å². The predicted molar refractivity (Wildman–Crippen MR) is 112 cm³/mol. The number of hydrogen-bond acceptors (Lipinski definition) is 4. The van der Waals surface area contributed by atoms with E-state index >= 15 is 0 Å². The molecule has 1 heterocycles. The van der Waals surface area contributed by atoms with Gasteiger partial charge < -0.3 is 16.0 Å². The number of anilines is 3. The van der Waals surface area contributed by atoms with Crippen molar-refractivity contribution in [3.8, 4) is 11.1 Å². The minimum atomic E-state index is -0.570. The van der Waals surface area contributed by atoms with Crippen LogP contribution in [0.3, 0.4) is 0 Å². The molecule has 0 atom stereocenters. The smallest absolute Gasteiger partial charge is 0.326 e. The Labute approximate surface area is 163 Å². The maximum Gasteiger partial charge on any atom is 0.326 e. The monoisotopic (exact) mass is 372 g/mol. The molecule has 6 heteroatoms. The van der Waals surface area contributed by atoms with Crippen molar-refractivity contribution in [1.29, 1.82) is 0 Å². The molecule has 140 valence electrons. The molecule has 1 aliphatic rings. The summed E-state index contributed by atoms with van der Waals surface area (Å²) >= 11 is 0. The number of hydrogen-bond donors (Lipinski definition) is 4. The molecule has 0 fully saturated rings. The van der Waals surface area contributed by atoms with E-state index in [2.05, 4.69) is 21.3 Å². The molecule has 4 rings (SSSR count). The fourth-order valence-electron chi connectivity index (χ4n) is 3.12. The van der Waals surface area contributed by atoms with Crippen molar-refractivity contribution in [2.45, 2.75) is 0 Å². The van der Waals surface area contributed by atoms with E-state index in [-0.39, 0.29) is 0 Å². The van der Waals surface area contributed by atoms with Gasteiger partial charge in [0.25, 0.3) is 5.91 Å². The largest absolute Gasteiger partial charge is 0.382 e. The van der Waals surface area contributed by atoms with E-state index in [9.17, 15) is 9.59 Å². The molecule has 0 radical (unpaired) electrons. The fraction of sp³-hybridized carbons (Fsp3) is 0.0909. The first kappa shape index (κ1) is 17.6. The Morgan fingerprint density at radius 1 is 0.750 bits per heavy atom.